The van der Waals surface area contributed by atoms with Crippen LogP contribution in [0.15, 0.2) is 53.6 Å². The predicted octanol–water partition coefficient (Wildman–Crippen LogP) is 3.25. The summed E-state index contributed by atoms with van der Waals surface area (Å²) < 4.78 is 5.09. The molecule has 0 aliphatic rings. The van der Waals surface area contributed by atoms with Crippen LogP contribution in [0.4, 0.5) is 0 Å². The Kier molecular flexibility index (Phi) is 4.10. The van der Waals surface area contributed by atoms with Gasteiger partial charge in [-0.25, -0.2) is 5.43 Å². The van der Waals surface area contributed by atoms with Crippen LogP contribution in [0.5, 0.6) is 5.75 Å². The maximum absolute atomic E-state index is 12.2. The molecule has 0 radical (unpaired) electrons. The van der Waals surface area contributed by atoms with E-state index in [4.69, 9.17) is 4.74 Å². The van der Waals surface area contributed by atoms with Gasteiger partial charge in [0, 0.05) is 10.9 Å². The molecule has 2 N–H and O–H groups in total. The van der Waals surface area contributed by atoms with Gasteiger partial charge in [-0.2, -0.15) is 5.10 Å². The summed E-state index contributed by atoms with van der Waals surface area (Å²) in [5.74, 6) is 0.517. The van der Waals surface area contributed by atoms with E-state index in [-0.39, 0.29) is 5.91 Å². The minimum absolute atomic E-state index is 0.261. The first kappa shape index (κ1) is 14.8. The number of fused-ring (bicyclic) bond motifs is 1. The standard InChI is InChI=1S/C18H17N3O2/c1-12-15-5-3-4-6-16(15)20-17(12)18(22)21-19-11-13-7-9-14(23-2)10-8-13/h3-11,20H,1-2H3,(H,21,22). The third kappa shape index (κ3) is 3.08. The zero-order valence-corrected chi connectivity index (χ0v) is 13.0. The molecule has 5 nitrogen and oxygen atoms in total. The summed E-state index contributed by atoms with van der Waals surface area (Å²) >= 11 is 0. The van der Waals surface area contributed by atoms with Crippen LogP contribution in [0.25, 0.3) is 10.9 Å². The van der Waals surface area contributed by atoms with Gasteiger partial charge in [0.15, 0.2) is 0 Å². The molecule has 0 saturated heterocycles. The quantitative estimate of drug-likeness (QED) is 0.574. The number of hydrogen-bond acceptors (Lipinski definition) is 3. The Balaban J connectivity index is 1.72. The number of amides is 1. The summed E-state index contributed by atoms with van der Waals surface area (Å²) in [4.78, 5) is 15.4. The molecule has 0 aliphatic heterocycles. The van der Waals surface area contributed by atoms with E-state index in [0.29, 0.717) is 5.69 Å². The number of carbonyl (C=O) groups is 1. The number of rotatable bonds is 4. The summed E-state index contributed by atoms with van der Waals surface area (Å²) in [6.07, 6.45) is 1.59. The van der Waals surface area contributed by atoms with Crippen molar-refractivity contribution in [1.29, 1.82) is 0 Å². The van der Waals surface area contributed by atoms with Crippen molar-refractivity contribution >= 4 is 23.0 Å². The summed E-state index contributed by atoms with van der Waals surface area (Å²) in [6.45, 7) is 1.92. The van der Waals surface area contributed by atoms with Crippen LogP contribution in [-0.2, 0) is 0 Å². The predicted molar refractivity (Wildman–Crippen MR) is 91.1 cm³/mol. The highest BCUT2D eigenvalue weighted by Crippen LogP contribution is 2.21. The van der Waals surface area contributed by atoms with Crippen LogP contribution in [0.3, 0.4) is 0 Å². The Bertz CT molecular complexity index is 864. The van der Waals surface area contributed by atoms with E-state index in [9.17, 15) is 4.79 Å². The highest BCUT2D eigenvalue weighted by Gasteiger charge is 2.13. The normalized spacial score (nSPS) is 11.0. The van der Waals surface area contributed by atoms with E-state index in [1.165, 1.54) is 0 Å². The fourth-order valence-corrected chi connectivity index (χ4v) is 2.42. The van der Waals surface area contributed by atoms with Gasteiger partial charge < -0.3 is 9.72 Å². The third-order valence-electron chi connectivity index (χ3n) is 3.69. The van der Waals surface area contributed by atoms with E-state index in [1.54, 1.807) is 13.3 Å². The van der Waals surface area contributed by atoms with E-state index >= 15 is 0 Å². The van der Waals surface area contributed by atoms with Crippen molar-refractivity contribution in [2.45, 2.75) is 6.92 Å². The van der Waals surface area contributed by atoms with Gasteiger partial charge in [0.05, 0.1) is 13.3 Å². The van der Waals surface area contributed by atoms with Crippen LogP contribution in [0, 0.1) is 6.92 Å². The van der Waals surface area contributed by atoms with Gasteiger partial charge in [0.1, 0.15) is 11.4 Å². The Morgan fingerprint density at radius 1 is 1.17 bits per heavy atom. The van der Waals surface area contributed by atoms with Crippen molar-refractivity contribution < 1.29 is 9.53 Å². The van der Waals surface area contributed by atoms with Crippen LogP contribution in [0.1, 0.15) is 21.6 Å². The molecule has 1 aromatic heterocycles. The number of carbonyl (C=O) groups excluding carboxylic acids is 1. The van der Waals surface area contributed by atoms with Crippen LogP contribution in [-0.4, -0.2) is 24.2 Å². The molecule has 1 amide bonds. The van der Waals surface area contributed by atoms with E-state index in [0.717, 1.165) is 27.8 Å². The molecular formula is C18H17N3O2. The molecule has 0 aliphatic carbocycles. The topological polar surface area (TPSA) is 66.5 Å². The van der Waals surface area contributed by atoms with Gasteiger partial charge in [0.2, 0.25) is 0 Å². The summed E-state index contributed by atoms with van der Waals surface area (Å²) in [7, 11) is 1.62. The van der Waals surface area contributed by atoms with Gasteiger partial charge >= 0.3 is 0 Å². The minimum atomic E-state index is -0.261. The van der Waals surface area contributed by atoms with Gasteiger partial charge in [-0.05, 0) is 48.4 Å². The zero-order chi connectivity index (χ0) is 16.2. The van der Waals surface area contributed by atoms with Gasteiger partial charge in [-0.15, -0.1) is 0 Å². The molecule has 0 saturated carbocycles. The van der Waals surface area contributed by atoms with E-state index in [1.807, 2.05) is 55.5 Å². The fraction of sp³-hybridized carbons (Fsp3) is 0.111. The molecule has 2 aromatic carbocycles. The van der Waals surface area contributed by atoms with E-state index < -0.39 is 0 Å². The maximum atomic E-state index is 12.2. The van der Waals surface area contributed by atoms with Crippen LogP contribution in [0.2, 0.25) is 0 Å². The highest BCUT2D eigenvalue weighted by atomic mass is 16.5. The van der Waals surface area contributed by atoms with Crippen molar-refractivity contribution in [1.82, 2.24) is 10.4 Å². The number of ether oxygens (including phenoxy) is 1. The largest absolute Gasteiger partial charge is 0.497 e. The van der Waals surface area contributed by atoms with Gasteiger partial charge in [-0.3, -0.25) is 4.79 Å². The molecule has 1 heterocycles. The fourth-order valence-electron chi connectivity index (χ4n) is 2.42. The Hall–Kier alpha value is -3.08. The lowest BCUT2D eigenvalue weighted by Crippen LogP contribution is -2.18. The summed E-state index contributed by atoms with van der Waals surface area (Å²) in [6, 6.07) is 15.2. The number of H-pyrrole nitrogens is 1. The number of para-hydroxylation sites is 1. The summed E-state index contributed by atoms with van der Waals surface area (Å²) in [5.41, 5.74) is 5.80. The molecule has 5 heteroatoms. The van der Waals surface area contributed by atoms with Crippen LogP contribution >= 0.6 is 0 Å². The smallest absolute Gasteiger partial charge is 0.288 e. The molecule has 3 rings (SSSR count). The first-order valence-corrected chi connectivity index (χ1v) is 7.24. The number of hydrogen-bond donors (Lipinski definition) is 2. The van der Waals surface area contributed by atoms with Crippen molar-refractivity contribution in [2.75, 3.05) is 7.11 Å². The Morgan fingerprint density at radius 2 is 1.91 bits per heavy atom. The molecular weight excluding hydrogens is 290 g/mol. The Labute approximate surface area is 134 Å². The van der Waals surface area contributed by atoms with E-state index in [2.05, 4.69) is 15.5 Å². The molecule has 3 aromatic rings. The number of nitrogens with zero attached hydrogens (tertiary/aromatic N) is 1. The zero-order valence-electron chi connectivity index (χ0n) is 13.0. The lowest BCUT2D eigenvalue weighted by Gasteiger charge is -2.00. The second kappa shape index (κ2) is 6.36. The van der Waals surface area contributed by atoms with Gasteiger partial charge in [0.25, 0.3) is 5.91 Å². The number of nitrogens with one attached hydrogen (secondary N) is 2. The molecule has 0 bridgehead atoms. The molecule has 0 unspecified atom stereocenters. The Morgan fingerprint density at radius 3 is 2.61 bits per heavy atom. The monoisotopic (exact) mass is 307 g/mol. The average Bonchev–Trinajstić information content (AvgIpc) is 2.93. The minimum Gasteiger partial charge on any atom is -0.497 e. The maximum Gasteiger partial charge on any atom is 0.288 e. The number of benzene rings is 2. The molecule has 116 valence electrons. The first-order valence-electron chi connectivity index (χ1n) is 7.24. The number of aromatic amines is 1. The molecule has 0 fully saturated rings. The average molecular weight is 307 g/mol. The second-order valence-corrected chi connectivity index (χ2v) is 5.14. The second-order valence-electron chi connectivity index (χ2n) is 5.14. The van der Waals surface area contributed by atoms with Gasteiger partial charge in [-0.1, -0.05) is 18.2 Å². The first-order chi connectivity index (χ1) is 11.2. The van der Waals surface area contributed by atoms with Crippen molar-refractivity contribution in [3.05, 3.63) is 65.4 Å². The number of hydrazone groups is 1. The van der Waals surface area contributed by atoms with Crippen molar-refractivity contribution in [2.24, 2.45) is 5.10 Å². The number of aromatic nitrogens is 1. The molecule has 0 atom stereocenters. The number of aryl methyl sites for hydroxylation is 1. The SMILES string of the molecule is COc1ccc(C=NNC(=O)c2[nH]c3ccccc3c2C)cc1. The summed E-state index contributed by atoms with van der Waals surface area (Å²) in [5, 5.41) is 5.04. The number of methoxy groups -OCH3 is 1. The lowest BCUT2D eigenvalue weighted by molar-refractivity contribution is 0.0950. The highest BCUT2D eigenvalue weighted by molar-refractivity contribution is 6.01. The molecule has 23 heavy (non-hydrogen) atoms. The lowest BCUT2D eigenvalue weighted by atomic mass is 10.1. The molecule has 0 spiro atoms. The third-order valence-corrected chi connectivity index (χ3v) is 3.69. The van der Waals surface area contributed by atoms with Crippen molar-refractivity contribution in [3.8, 4) is 5.75 Å². The van der Waals surface area contributed by atoms with Crippen molar-refractivity contribution in [3.63, 3.8) is 0 Å². The van der Waals surface area contributed by atoms with Crippen LogP contribution < -0.4 is 10.2 Å².